The van der Waals surface area contributed by atoms with Gasteiger partial charge in [0.25, 0.3) is 11.6 Å². The van der Waals surface area contributed by atoms with E-state index in [-0.39, 0.29) is 17.2 Å². The maximum atomic E-state index is 12.3. The topological polar surface area (TPSA) is 75.5 Å². The summed E-state index contributed by atoms with van der Waals surface area (Å²) in [5, 5.41) is 14.2. The van der Waals surface area contributed by atoms with E-state index in [9.17, 15) is 14.9 Å². The summed E-state index contributed by atoms with van der Waals surface area (Å²) < 4.78 is 0. The van der Waals surface area contributed by atoms with E-state index in [1.165, 1.54) is 11.0 Å². The van der Waals surface area contributed by atoms with Gasteiger partial charge in [-0.15, -0.1) is 0 Å². The first-order valence-corrected chi connectivity index (χ1v) is 6.79. The second kappa shape index (κ2) is 7.47. The zero-order valence-corrected chi connectivity index (χ0v) is 12.2. The number of nitro groups is 1. The number of amides is 1. The fourth-order valence-corrected chi connectivity index (χ4v) is 1.89. The van der Waals surface area contributed by atoms with Crippen molar-refractivity contribution in [3.05, 3.63) is 33.9 Å². The van der Waals surface area contributed by atoms with Crippen molar-refractivity contribution in [2.45, 2.75) is 26.7 Å². The molecule has 0 spiro atoms. The highest BCUT2D eigenvalue weighted by Crippen LogP contribution is 2.24. The molecule has 0 radical (unpaired) electrons. The number of carbonyl (C=O) groups excluding carboxylic acids is 1. The molecule has 0 fully saturated rings. The lowest BCUT2D eigenvalue weighted by molar-refractivity contribution is -0.385. The van der Waals surface area contributed by atoms with E-state index in [0.717, 1.165) is 25.1 Å². The molecule has 0 aliphatic heterocycles. The van der Waals surface area contributed by atoms with Crippen LogP contribution in [0.2, 0.25) is 0 Å². The Hall–Kier alpha value is -2.11. The van der Waals surface area contributed by atoms with Gasteiger partial charge >= 0.3 is 0 Å². The zero-order valence-electron chi connectivity index (χ0n) is 12.2. The highest BCUT2D eigenvalue weighted by atomic mass is 16.6. The van der Waals surface area contributed by atoms with Crippen molar-refractivity contribution in [3.8, 4) is 0 Å². The molecular formula is C14H21N3O3. The molecule has 0 aromatic heterocycles. The Morgan fingerprint density at radius 2 is 2.05 bits per heavy atom. The average Bonchev–Trinajstić information content (AvgIpc) is 2.44. The number of benzene rings is 1. The van der Waals surface area contributed by atoms with Crippen LogP contribution in [0.5, 0.6) is 0 Å². The number of carbonyl (C=O) groups is 1. The second-order valence-electron chi connectivity index (χ2n) is 4.64. The summed E-state index contributed by atoms with van der Waals surface area (Å²) >= 11 is 0. The first-order valence-electron chi connectivity index (χ1n) is 6.79. The quantitative estimate of drug-likeness (QED) is 0.615. The predicted molar refractivity (Wildman–Crippen MR) is 79.1 cm³/mol. The Labute approximate surface area is 118 Å². The van der Waals surface area contributed by atoms with Crippen LogP contribution < -0.4 is 5.32 Å². The number of rotatable bonds is 7. The average molecular weight is 279 g/mol. The summed E-state index contributed by atoms with van der Waals surface area (Å²) in [6, 6.07) is 4.57. The third-order valence-electron chi connectivity index (χ3n) is 2.91. The van der Waals surface area contributed by atoms with Gasteiger partial charge in [-0.2, -0.15) is 0 Å². The van der Waals surface area contributed by atoms with Crippen LogP contribution in [0.15, 0.2) is 18.2 Å². The van der Waals surface area contributed by atoms with Crippen LogP contribution in [-0.4, -0.2) is 35.9 Å². The minimum atomic E-state index is -0.517. The Kier molecular flexibility index (Phi) is 5.96. The Balaban J connectivity index is 3.11. The predicted octanol–water partition coefficient (Wildman–Crippen LogP) is 2.90. The zero-order chi connectivity index (χ0) is 15.1. The number of hydrogen-bond acceptors (Lipinski definition) is 4. The Morgan fingerprint density at radius 3 is 2.60 bits per heavy atom. The molecule has 6 heteroatoms. The molecule has 0 saturated carbocycles. The number of nitrogens with one attached hydrogen (secondary N) is 1. The summed E-state index contributed by atoms with van der Waals surface area (Å²) in [5.74, 6) is -0.321. The minimum absolute atomic E-state index is 0.132. The van der Waals surface area contributed by atoms with Crippen LogP contribution >= 0.6 is 0 Å². The smallest absolute Gasteiger partial charge is 0.282 e. The van der Waals surface area contributed by atoms with Gasteiger partial charge in [-0.05, 0) is 25.0 Å². The molecule has 110 valence electrons. The van der Waals surface area contributed by atoms with Crippen LogP contribution in [0.3, 0.4) is 0 Å². The molecule has 1 N–H and O–H groups in total. The van der Waals surface area contributed by atoms with Crippen molar-refractivity contribution >= 4 is 17.3 Å². The largest absolute Gasteiger partial charge is 0.385 e. The van der Waals surface area contributed by atoms with Crippen molar-refractivity contribution in [1.82, 2.24) is 4.90 Å². The molecule has 0 bridgehead atoms. The maximum Gasteiger partial charge on any atom is 0.282 e. The summed E-state index contributed by atoms with van der Waals surface area (Å²) in [7, 11) is 1.65. The van der Waals surface area contributed by atoms with Crippen LogP contribution in [-0.2, 0) is 0 Å². The molecule has 1 aromatic rings. The molecule has 0 unspecified atom stereocenters. The molecule has 1 amide bonds. The van der Waals surface area contributed by atoms with E-state index in [1.54, 1.807) is 19.2 Å². The Bertz CT molecular complexity index is 489. The molecule has 1 aromatic carbocycles. The van der Waals surface area contributed by atoms with Gasteiger partial charge in [0.15, 0.2) is 0 Å². The molecule has 6 nitrogen and oxygen atoms in total. The summed E-state index contributed by atoms with van der Waals surface area (Å²) in [5.41, 5.74) is 0.706. The molecular weight excluding hydrogens is 258 g/mol. The van der Waals surface area contributed by atoms with E-state index < -0.39 is 4.92 Å². The standard InChI is InChI=1S/C14H21N3O3/c1-4-8-15-11-6-7-13(17(19)20)12(10-11)14(18)16(3)9-5-2/h6-7,10,15H,4-5,8-9H2,1-3H3. The fraction of sp³-hybridized carbons (Fsp3) is 0.500. The molecule has 20 heavy (non-hydrogen) atoms. The van der Waals surface area contributed by atoms with Crippen molar-refractivity contribution in [1.29, 1.82) is 0 Å². The second-order valence-corrected chi connectivity index (χ2v) is 4.64. The highest BCUT2D eigenvalue weighted by Gasteiger charge is 2.23. The van der Waals surface area contributed by atoms with E-state index in [2.05, 4.69) is 5.32 Å². The van der Waals surface area contributed by atoms with E-state index in [4.69, 9.17) is 0 Å². The van der Waals surface area contributed by atoms with E-state index >= 15 is 0 Å². The van der Waals surface area contributed by atoms with Gasteiger partial charge in [0.1, 0.15) is 5.56 Å². The Morgan fingerprint density at radius 1 is 1.35 bits per heavy atom. The van der Waals surface area contributed by atoms with Crippen LogP contribution in [0.1, 0.15) is 37.0 Å². The van der Waals surface area contributed by atoms with Gasteiger partial charge in [0.2, 0.25) is 0 Å². The van der Waals surface area contributed by atoms with Crippen molar-refractivity contribution in [3.63, 3.8) is 0 Å². The minimum Gasteiger partial charge on any atom is -0.385 e. The monoisotopic (exact) mass is 279 g/mol. The fourth-order valence-electron chi connectivity index (χ4n) is 1.89. The summed E-state index contributed by atoms with van der Waals surface area (Å²) in [4.78, 5) is 24.3. The van der Waals surface area contributed by atoms with Crippen molar-refractivity contribution < 1.29 is 9.72 Å². The third kappa shape index (κ3) is 3.94. The number of anilines is 1. The maximum absolute atomic E-state index is 12.3. The molecule has 1 rings (SSSR count). The van der Waals surface area contributed by atoms with Crippen molar-refractivity contribution in [2.75, 3.05) is 25.5 Å². The van der Waals surface area contributed by atoms with E-state index in [1.807, 2.05) is 13.8 Å². The van der Waals surface area contributed by atoms with Crippen LogP contribution in [0.25, 0.3) is 0 Å². The lowest BCUT2D eigenvalue weighted by atomic mass is 10.1. The van der Waals surface area contributed by atoms with E-state index in [0.29, 0.717) is 6.54 Å². The first-order chi connectivity index (χ1) is 9.51. The molecule has 0 aliphatic carbocycles. The SMILES string of the molecule is CCCNc1ccc([N+](=O)[O-])c(C(=O)N(C)CCC)c1. The molecule has 0 heterocycles. The van der Waals surface area contributed by atoms with Gasteiger partial charge in [-0.1, -0.05) is 13.8 Å². The number of nitrogens with zero attached hydrogens (tertiary/aromatic N) is 2. The van der Waals surface area contributed by atoms with Crippen LogP contribution in [0, 0.1) is 10.1 Å². The van der Waals surface area contributed by atoms with Gasteiger partial charge in [0.05, 0.1) is 4.92 Å². The van der Waals surface area contributed by atoms with Gasteiger partial charge in [0, 0.05) is 31.9 Å². The third-order valence-corrected chi connectivity index (χ3v) is 2.91. The summed E-state index contributed by atoms with van der Waals surface area (Å²) in [6.45, 7) is 5.32. The number of nitro benzene ring substituents is 1. The molecule has 0 atom stereocenters. The van der Waals surface area contributed by atoms with Gasteiger partial charge < -0.3 is 10.2 Å². The number of hydrogen-bond donors (Lipinski definition) is 1. The van der Waals surface area contributed by atoms with Crippen molar-refractivity contribution in [2.24, 2.45) is 0 Å². The van der Waals surface area contributed by atoms with Crippen LogP contribution in [0.4, 0.5) is 11.4 Å². The summed E-state index contributed by atoms with van der Waals surface area (Å²) in [6.07, 6.45) is 1.75. The van der Waals surface area contributed by atoms with Gasteiger partial charge in [-0.25, -0.2) is 0 Å². The lowest BCUT2D eigenvalue weighted by Crippen LogP contribution is -2.28. The highest BCUT2D eigenvalue weighted by molar-refractivity contribution is 5.99. The molecule has 0 aliphatic rings. The normalized spacial score (nSPS) is 10.2. The first kappa shape index (κ1) is 15.9. The molecule has 0 saturated heterocycles. The van der Waals surface area contributed by atoms with Gasteiger partial charge in [-0.3, -0.25) is 14.9 Å². The lowest BCUT2D eigenvalue weighted by Gasteiger charge is -2.16.